The summed E-state index contributed by atoms with van der Waals surface area (Å²) in [6.45, 7) is 4.21. The van der Waals surface area contributed by atoms with Gasteiger partial charge in [0.05, 0.1) is 6.10 Å². The van der Waals surface area contributed by atoms with Crippen molar-refractivity contribution in [3.8, 4) is 6.01 Å². The summed E-state index contributed by atoms with van der Waals surface area (Å²) >= 11 is 7.48. The first kappa shape index (κ1) is 16.6. The lowest BCUT2D eigenvalue weighted by atomic mass is 10.5. The summed E-state index contributed by atoms with van der Waals surface area (Å²) in [6, 6.07) is 0.102. The van der Waals surface area contributed by atoms with Gasteiger partial charge in [0.25, 0.3) is 0 Å². The van der Waals surface area contributed by atoms with Crippen molar-refractivity contribution in [3.63, 3.8) is 0 Å². The van der Waals surface area contributed by atoms with Crippen LogP contribution in [0.5, 0.6) is 6.01 Å². The lowest BCUT2D eigenvalue weighted by Gasteiger charge is -2.33. The molecular weight excluding hydrogens is 336 g/mol. The molecule has 0 amide bonds. The molecule has 21 heavy (non-hydrogen) atoms. The maximum absolute atomic E-state index is 11.9. The van der Waals surface area contributed by atoms with Crippen LogP contribution in [-0.2, 0) is 9.84 Å². The van der Waals surface area contributed by atoms with E-state index in [-0.39, 0.29) is 23.3 Å². The highest BCUT2D eigenvalue weighted by molar-refractivity contribution is 8.01. The minimum Gasteiger partial charge on any atom is -0.461 e. The smallest absolute Gasteiger partial charge is 0.322 e. The van der Waals surface area contributed by atoms with Gasteiger partial charge in [-0.05, 0) is 25.4 Å². The molecule has 0 bridgehead atoms. The predicted octanol–water partition coefficient (Wildman–Crippen LogP) is 1.24. The Morgan fingerprint density at radius 2 is 2.10 bits per heavy atom. The Morgan fingerprint density at radius 3 is 2.71 bits per heavy atom. The number of hydrogen-bond donors (Lipinski definition) is 0. The topological polar surface area (TPSA) is 85.3 Å². The van der Waals surface area contributed by atoms with E-state index < -0.39 is 15.2 Å². The number of hydrogen-bond acceptors (Lipinski definition) is 8. The molecule has 0 spiro atoms. The molecule has 0 radical (unpaired) electrons. The quantitative estimate of drug-likeness (QED) is 0.800. The monoisotopic (exact) mass is 352 g/mol. The maximum Gasteiger partial charge on any atom is 0.322 e. The first-order valence-electron chi connectivity index (χ1n) is 6.39. The molecule has 2 rings (SSSR count). The van der Waals surface area contributed by atoms with Gasteiger partial charge in [-0.15, -0.1) is 0 Å². The van der Waals surface area contributed by atoms with Gasteiger partial charge in [0, 0.05) is 24.3 Å². The standard InChI is InChI=1S/C11H17ClN4O3S2/c1-7(2)19-11-14-9(12)13-10(15-11)16-4-5-20-6-8(16)21(3,17)18/h7-8H,4-6H2,1-3H3. The second kappa shape index (κ2) is 6.53. The van der Waals surface area contributed by atoms with E-state index in [0.717, 1.165) is 5.75 Å². The first-order valence-corrected chi connectivity index (χ1v) is 9.87. The third-order valence-electron chi connectivity index (χ3n) is 2.75. The zero-order valence-electron chi connectivity index (χ0n) is 12.0. The van der Waals surface area contributed by atoms with E-state index in [2.05, 4.69) is 15.0 Å². The van der Waals surface area contributed by atoms with E-state index in [1.54, 1.807) is 16.7 Å². The summed E-state index contributed by atoms with van der Waals surface area (Å²) in [5, 5.41) is -0.678. The van der Waals surface area contributed by atoms with E-state index in [0.29, 0.717) is 12.3 Å². The number of nitrogens with zero attached hydrogens (tertiary/aromatic N) is 4. The molecular formula is C11H17ClN4O3S2. The Hall–Kier alpha value is -0.800. The molecule has 118 valence electrons. The molecule has 7 nitrogen and oxygen atoms in total. The van der Waals surface area contributed by atoms with Crippen LogP contribution in [0.4, 0.5) is 5.95 Å². The van der Waals surface area contributed by atoms with E-state index >= 15 is 0 Å². The number of aromatic nitrogens is 3. The van der Waals surface area contributed by atoms with Crippen molar-refractivity contribution in [3.05, 3.63) is 5.28 Å². The number of thioether (sulfide) groups is 1. The van der Waals surface area contributed by atoms with Crippen LogP contribution in [0.15, 0.2) is 0 Å². The fourth-order valence-corrected chi connectivity index (χ4v) is 4.84. The van der Waals surface area contributed by atoms with Crippen molar-refractivity contribution < 1.29 is 13.2 Å². The van der Waals surface area contributed by atoms with Crippen LogP contribution < -0.4 is 9.64 Å². The molecule has 1 aliphatic heterocycles. The molecule has 1 aromatic rings. The molecule has 1 aliphatic rings. The van der Waals surface area contributed by atoms with E-state index in [1.807, 2.05) is 13.8 Å². The molecule has 1 aromatic heterocycles. The Bertz CT molecular complexity index is 611. The lowest BCUT2D eigenvalue weighted by Crippen LogP contribution is -2.47. The molecule has 1 atom stereocenters. The molecule has 1 fully saturated rings. The van der Waals surface area contributed by atoms with Crippen LogP contribution in [-0.4, -0.2) is 59.2 Å². The van der Waals surface area contributed by atoms with E-state index in [4.69, 9.17) is 16.3 Å². The van der Waals surface area contributed by atoms with Crippen molar-refractivity contribution >= 4 is 39.1 Å². The minimum absolute atomic E-state index is 0.0128. The molecule has 0 N–H and O–H groups in total. The SMILES string of the molecule is CC(C)Oc1nc(Cl)nc(N2CCSCC2S(C)(=O)=O)n1. The molecule has 2 heterocycles. The summed E-state index contributed by atoms with van der Waals surface area (Å²) in [5.41, 5.74) is 0. The average molecular weight is 353 g/mol. The molecule has 1 unspecified atom stereocenters. The minimum atomic E-state index is -3.25. The summed E-state index contributed by atoms with van der Waals surface area (Å²) < 4.78 is 29.3. The highest BCUT2D eigenvalue weighted by Crippen LogP contribution is 2.26. The number of anilines is 1. The van der Waals surface area contributed by atoms with Crippen LogP contribution in [0, 0.1) is 0 Å². The number of rotatable bonds is 4. The Kier molecular flexibility index (Phi) is 5.15. The van der Waals surface area contributed by atoms with Gasteiger partial charge in [0.2, 0.25) is 11.2 Å². The van der Waals surface area contributed by atoms with Gasteiger partial charge < -0.3 is 9.64 Å². The van der Waals surface area contributed by atoms with Gasteiger partial charge >= 0.3 is 6.01 Å². The molecule has 0 saturated carbocycles. The van der Waals surface area contributed by atoms with Crippen LogP contribution in [0.2, 0.25) is 5.28 Å². The molecule has 1 saturated heterocycles. The lowest BCUT2D eigenvalue weighted by molar-refractivity contribution is 0.221. The van der Waals surface area contributed by atoms with Crippen molar-refractivity contribution in [2.24, 2.45) is 0 Å². The van der Waals surface area contributed by atoms with Crippen molar-refractivity contribution in [1.82, 2.24) is 15.0 Å². The van der Waals surface area contributed by atoms with Gasteiger partial charge in [-0.2, -0.15) is 26.7 Å². The number of halogens is 1. The van der Waals surface area contributed by atoms with Crippen molar-refractivity contribution in [2.75, 3.05) is 29.2 Å². The van der Waals surface area contributed by atoms with Crippen LogP contribution in [0.3, 0.4) is 0 Å². The Labute approximate surface area is 133 Å². The predicted molar refractivity (Wildman–Crippen MR) is 83.9 cm³/mol. The second-order valence-corrected chi connectivity index (χ2v) is 8.60. The van der Waals surface area contributed by atoms with Crippen molar-refractivity contribution in [2.45, 2.75) is 25.3 Å². The van der Waals surface area contributed by atoms with Crippen LogP contribution in [0.25, 0.3) is 0 Å². The van der Waals surface area contributed by atoms with E-state index in [9.17, 15) is 8.42 Å². The summed E-state index contributed by atoms with van der Waals surface area (Å²) in [7, 11) is -3.25. The third-order valence-corrected chi connectivity index (χ3v) is 5.56. The van der Waals surface area contributed by atoms with Crippen LogP contribution in [0.1, 0.15) is 13.8 Å². The zero-order chi connectivity index (χ0) is 15.6. The molecule has 10 heteroatoms. The second-order valence-electron chi connectivity index (χ2n) is 4.91. The number of sulfone groups is 1. The zero-order valence-corrected chi connectivity index (χ0v) is 14.4. The maximum atomic E-state index is 11.9. The highest BCUT2D eigenvalue weighted by atomic mass is 35.5. The van der Waals surface area contributed by atoms with Gasteiger partial charge in [-0.3, -0.25) is 0 Å². The fraction of sp³-hybridized carbons (Fsp3) is 0.727. The molecule has 0 aromatic carbocycles. The van der Waals surface area contributed by atoms with Crippen molar-refractivity contribution in [1.29, 1.82) is 0 Å². The highest BCUT2D eigenvalue weighted by Gasteiger charge is 2.33. The fourth-order valence-electron chi connectivity index (χ4n) is 1.88. The van der Waals surface area contributed by atoms with Gasteiger partial charge in [0.15, 0.2) is 9.84 Å². The number of ether oxygens (including phenoxy) is 1. The summed E-state index contributed by atoms with van der Waals surface area (Å²) in [5.74, 6) is 1.51. The van der Waals surface area contributed by atoms with E-state index in [1.165, 1.54) is 6.26 Å². The Morgan fingerprint density at radius 1 is 1.38 bits per heavy atom. The third kappa shape index (κ3) is 4.33. The van der Waals surface area contributed by atoms with Gasteiger partial charge in [-0.1, -0.05) is 0 Å². The van der Waals surface area contributed by atoms with Gasteiger partial charge in [-0.25, -0.2) is 8.42 Å². The van der Waals surface area contributed by atoms with Crippen LogP contribution >= 0.6 is 23.4 Å². The Balaban J connectivity index is 2.36. The average Bonchev–Trinajstić information content (AvgIpc) is 2.36. The largest absolute Gasteiger partial charge is 0.461 e. The normalized spacial score (nSPS) is 19.9. The first-order chi connectivity index (χ1) is 9.77. The summed E-state index contributed by atoms with van der Waals surface area (Å²) in [6.07, 6.45) is 1.10. The van der Waals surface area contributed by atoms with Gasteiger partial charge in [0.1, 0.15) is 5.37 Å². The summed E-state index contributed by atoms with van der Waals surface area (Å²) in [4.78, 5) is 13.8. The molecule has 0 aliphatic carbocycles.